The van der Waals surface area contributed by atoms with Gasteiger partial charge < -0.3 is 15.2 Å². The lowest BCUT2D eigenvalue weighted by Crippen LogP contribution is -2.25. The van der Waals surface area contributed by atoms with Crippen molar-refractivity contribution in [1.29, 1.82) is 0 Å². The molecule has 1 amide bonds. The highest BCUT2D eigenvalue weighted by molar-refractivity contribution is 5.83. The molecule has 20 heavy (non-hydrogen) atoms. The van der Waals surface area contributed by atoms with Crippen LogP contribution in [0.15, 0.2) is 12.1 Å². The molecule has 8 nitrogen and oxygen atoms in total. The molecule has 0 fully saturated rings. The van der Waals surface area contributed by atoms with E-state index in [0.29, 0.717) is 6.29 Å². The van der Waals surface area contributed by atoms with E-state index >= 15 is 0 Å². The average molecular weight is 282 g/mol. The number of nitro groups is 1. The van der Waals surface area contributed by atoms with Gasteiger partial charge in [-0.3, -0.25) is 19.7 Å². The third-order valence-corrected chi connectivity index (χ3v) is 2.61. The average Bonchev–Trinajstić information content (AvgIpc) is 2.43. The standard InChI is InChI=1S/C12H14N2O6/c1-7(12(13)16)6-20-11-4-9(14(17)18)8(5-15)3-10(11)19-2/h3-5,7H,6H2,1-2H3,(H2,13,16). The van der Waals surface area contributed by atoms with E-state index in [1.54, 1.807) is 6.92 Å². The minimum atomic E-state index is -0.701. The summed E-state index contributed by atoms with van der Waals surface area (Å²) < 4.78 is 10.3. The summed E-state index contributed by atoms with van der Waals surface area (Å²) in [6.07, 6.45) is 0.358. The maximum Gasteiger partial charge on any atom is 0.283 e. The molecule has 0 aliphatic rings. The predicted octanol–water partition coefficient (Wildman–Crippen LogP) is 0.916. The number of carbonyl (C=O) groups excluding carboxylic acids is 2. The molecule has 1 aromatic rings. The highest BCUT2D eigenvalue weighted by atomic mass is 16.6. The Hall–Kier alpha value is -2.64. The van der Waals surface area contributed by atoms with E-state index in [1.807, 2.05) is 0 Å². The SMILES string of the molecule is COc1cc(C=O)c([N+](=O)[O-])cc1OCC(C)C(N)=O. The van der Waals surface area contributed by atoms with Crippen LogP contribution >= 0.6 is 0 Å². The Morgan fingerprint density at radius 3 is 2.60 bits per heavy atom. The maximum absolute atomic E-state index is 10.9. The van der Waals surface area contributed by atoms with Gasteiger partial charge in [0, 0.05) is 6.07 Å². The molecule has 1 rings (SSSR count). The van der Waals surface area contributed by atoms with Crippen molar-refractivity contribution in [2.24, 2.45) is 11.7 Å². The second-order valence-corrected chi connectivity index (χ2v) is 4.05. The molecule has 1 unspecified atom stereocenters. The number of primary amides is 1. The van der Waals surface area contributed by atoms with Gasteiger partial charge in [0.15, 0.2) is 17.8 Å². The number of hydrogen-bond acceptors (Lipinski definition) is 6. The van der Waals surface area contributed by atoms with E-state index < -0.39 is 22.4 Å². The molecule has 8 heteroatoms. The lowest BCUT2D eigenvalue weighted by atomic mass is 10.1. The molecule has 0 bridgehead atoms. The number of carbonyl (C=O) groups is 2. The second kappa shape index (κ2) is 6.50. The number of rotatable bonds is 7. The largest absolute Gasteiger partial charge is 0.493 e. The third-order valence-electron chi connectivity index (χ3n) is 2.61. The smallest absolute Gasteiger partial charge is 0.283 e. The Kier molecular flexibility index (Phi) is 5.01. The first-order valence-corrected chi connectivity index (χ1v) is 5.64. The van der Waals surface area contributed by atoms with Crippen molar-refractivity contribution < 1.29 is 24.0 Å². The van der Waals surface area contributed by atoms with Gasteiger partial charge in [-0.1, -0.05) is 6.92 Å². The van der Waals surface area contributed by atoms with Crippen LogP contribution in [-0.2, 0) is 4.79 Å². The molecule has 1 atom stereocenters. The van der Waals surface area contributed by atoms with Crippen molar-refractivity contribution in [2.75, 3.05) is 13.7 Å². The minimum Gasteiger partial charge on any atom is -0.493 e. The van der Waals surface area contributed by atoms with Crippen molar-refractivity contribution in [3.05, 3.63) is 27.8 Å². The molecule has 0 saturated carbocycles. The van der Waals surface area contributed by atoms with Crippen LogP contribution < -0.4 is 15.2 Å². The first-order valence-electron chi connectivity index (χ1n) is 5.64. The number of hydrogen-bond donors (Lipinski definition) is 1. The van der Waals surface area contributed by atoms with Gasteiger partial charge in [0.25, 0.3) is 5.69 Å². The van der Waals surface area contributed by atoms with Crippen molar-refractivity contribution in [3.8, 4) is 11.5 Å². The molecule has 0 aromatic heterocycles. The normalized spacial score (nSPS) is 11.5. The van der Waals surface area contributed by atoms with Gasteiger partial charge >= 0.3 is 0 Å². The fraction of sp³-hybridized carbons (Fsp3) is 0.333. The maximum atomic E-state index is 10.9. The number of nitro benzene ring substituents is 1. The monoisotopic (exact) mass is 282 g/mol. The van der Waals surface area contributed by atoms with Crippen molar-refractivity contribution in [2.45, 2.75) is 6.92 Å². The number of benzene rings is 1. The molecular weight excluding hydrogens is 268 g/mol. The van der Waals surface area contributed by atoms with E-state index in [1.165, 1.54) is 13.2 Å². The van der Waals surface area contributed by atoms with Crippen molar-refractivity contribution in [3.63, 3.8) is 0 Å². The summed E-state index contributed by atoms with van der Waals surface area (Å²) in [5, 5.41) is 10.9. The predicted molar refractivity (Wildman–Crippen MR) is 68.9 cm³/mol. The summed E-state index contributed by atoms with van der Waals surface area (Å²) in [6.45, 7) is 1.51. The van der Waals surface area contributed by atoms with E-state index in [2.05, 4.69) is 0 Å². The van der Waals surface area contributed by atoms with Crippen LogP contribution in [0.5, 0.6) is 11.5 Å². The van der Waals surface area contributed by atoms with Crippen LogP contribution in [0.1, 0.15) is 17.3 Å². The van der Waals surface area contributed by atoms with Gasteiger partial charge in [-0.25, -0.2) is 0 Å². The first-order chi connectivity index (χ1) is 9.40. The molecule has 1 aromatic carbocycles. The zero-order chi connectivity index (χ0) is 15.3. The number of nitrogens with zero attached hydrogens (tertiary/aromatic N) is 1. The summed E-state index contributed by atoms with van der Waals surface area (Å²) in [6, 6.07) is 2.28. The highest BCUT2D eigenvalue weighted by Gasteiger charge is 2.20. The summed E-state index contributed by atoms with van der Waals surface area (Å²) in [5.74, 6) is -0.889. The molecule has 0 aliphatic carbocycles. The molecule has 108 valence electrons. The van der Waals surface area contributed by atoms with Gasteiger partial charge in [0.2, 0.25) is 5.91 Å². The number of methoxy groups -OCH3 is 1. The summed E-state index contributed by atoms with van der Waals surface area (Å²) >= 11 is 0. The molecule has 0 spiro atoms. The van der Waals surface area contributed by atoms with Crippen LogP contribution in [0.2, 0.25) is 0 Å². The molecule has 0 aliphatic heterocycles. The van der Waals surface area contributed by atoms with Crippen LogP contribution in [0.3, 0.4) is 0 Å². The minimum absolute atomic E-state index is 0.0523. The van der Waals surface area contributed by atoms with E-state index in [4.69, 9.17) is 15.2 Å². The van der Waals surface area contributed by atoms with Gasteiger partial charge in [-0.15, -0.1) is 0 Å². The number of amides is 1. The van der Waals surface area contributed by atoms with Gasteiger partial charge in [0.1, 0.15) is 0 Å². The molecule has 2 N–H and O–H groups in total. The zero-order valence-corrected chi connectivity index (χ0v) is 11.0. The molecule has 0 radical (unpaired) electrons. The summed E-state index contributed by atoms with van der Waals surface area (Å²) in [5.41, 5.74) is 4.57. The van der Waals surface area contributed by atoms with Gasteiger partial charge in [-0.05, 0) is 0 Å². The van der Waals surface area contributed by atoms with Crippen LogP contribution in [-0.4, -0.2) is 30.8 Å². The van der Waals surface area contributed by atoms with Crippen molar-refractivity contribution in [1.82, 2.24) is 0 Å². The Bertz CT molecular complexity index is 543. The third kappa shape index (κ3) is 3.44. The Balaban J connectivity index is 3.11. The number of aldehydes is 1. The molecule has 0 saturated heterocycles. The Labute approximate surface area is 114 Å². The van der Waals surface area contributed by atoms with Crippen LogP contribution in [0.25, 0.3) is 0 Å². The highest BCUT2D eigenvalue weighted by Crippen LogP contribution is 2.34. The fourth-order valence-electron chi connectivity index (χ4n) is 1.39. The fourth-order valence-corrected chi connectivity index (χ4v) is 1.39. The van der Waals surface area contributed by atoms with Crippen molar-refractivity contribution >= 4 is 17.9 Å². The molecular formula is C12H14N2O6. The Morgan fingerprint density at radius 2 is 2.15 bits per heavy atom. The first kappa shape index (κ1) is 15.4. The van der Waals surface area contributed by atoms with E-state index in [9.17, 15) is 19.7 Å². The summed E-state index contributed by atoms with van der Waals surface area (Å²) in [7, 11) is 1.33. The lowest BCUT2D eigenvalue weighted by molar-refractivity contribution is -0.385. The van der Waals surface area contributed by atoms with Crippen LogP contribution in [0.4, 0.5) is 5.69 Å². The summed E-state index contributed by atoms with van der Waals surface area (Å²) in [4.78, 5) is 31.9. The topological polar surface area (TPSA) is 122 Å². The van der Waals surface area contributed by atoms with E-state index in [-0.39, 0.29) is 23.7 Å². The Morgan fingerprint density at radius 1 is 1.50 bits per heavy atom. The number of nitrogens with two attached hydrogens (primary N) is 1. The lowest BCUT2D eigenvalue weighted by Gasteiger charge is -2.13. The quantitative estimate of drug-likeness (QED) is 0.450. The van der Waals surface area contributed by atoms with Gasteiger partial charge in [-0.2, -0.15) is 0 Å². The zero-order valence-electron chi connectivity index (χ0n) is 11.0. The second-order valence-electron chi connectivity index (χ2n) is 4.05. The molecule has 0 heterocycles. The van der Waals surface area contributed by atoms with E-state index in [0.717, 1.165) is 6.07 Å². The van der Waals surface area contributed by atoms with Gasteiger partial charge in [0.05, 0.1) is 36.2 Å². The van der Waals surface area contributed by atoms with Crippen LogP contribution in [0, 0.1) is 16.0 Å². The number of ether oxygens (including phenoxy) is 2.